The first-order valence-corrected chi connectivity index (χ1v) is 8.19. The van der Waals surface area contributed by atoms with Crippen LogP contribution in [0.4, 0.5) is 17.3 Å². The van der Waals surface area contributed by atoms with Crippen LogP contribution >= 0.6 is 0 Å². The summed E-state index contributed by atoms with van der Waals surface area (Å²) in [7, 11) is 0. The van der Waals surface area contributed by atoms with E-state index in [1.165, 1.54) is 0 Å². The van der Waals surface area contributed by atoms with Gasteiger partial charge < -0.3 is 20.9 Å². The first-order chi connectivity index (χ1) is 11.9. The Morgan fingerprint density at radius 2 is 2.12 bits per heavy atom. The Morgan fingerprint density at radius 1 is 1.36 bits per heavy atom. The highest BCUT2D eigenvalue weighted by Crippen LogP contribution is 2.25. The number of nitrogens with one attached hydrogen (secondary N) is 2. The normalized spacial score (nSPS) is 11.8. The fourth-order valence-electron chi connectivity index (χ4n) is 2.38. The third-order valence-corrected chi connectivity index (χ3v) is 3.74. The lowest BCUT2D eigenvalue weighted by Crippen LogP contribution is -2.35. The van der Waals surface area contributed by atoms with Crippen LogP contribution in [0, 0.1) is 24.2 Å². The number of nitrogens with two attached hydrogens (primary N) is 1. The average Bonchev–Trinajstić information content (AvgIpc) is 2.96. The molecule has 25 heavy (non-hydrogen) atoms. The van der Waals surface area contributed by atoms with Crippen LogP contribution in [0.1, 0.15) is 37.9 Å². The van der Waals surface area contributed by atoms with Crippen molar-refractivity contribution in [2.75, 3.05) is 10.6 Å². The summed E-state index contributed by atoms with van der Waals surface area (Å²) in [5.41, 5.74) is 7.95. The molecular weight excluding hydrogens is 318 g/mol. The second-order valence-electron chi connectivity index (χ2n) is 6.40. The molecule has 7 heteroatoms. The lowest BCUT2D eigenvalue weighted by Gasteiger charge is -2.18. The first kappa shape index (κ1) is 18.3. The summed E-state index contributed by atoms with van der Waals surface area (Å²) in [4.78, 5) is 11.7. The largest absolute Gasteiger partial charge is 0.374 e. The maximum absolute atomic E-state index is 11.7. The van der Waals surface area contributed by atoms with Crippen LogP contribution < -0.4 is 16.4 Å². The van der Waals surface area contributed by atoms with Crippen molar-refractivity contribution in [2.45, 2.75) is 39.7 Å². The molecule has 0 saturated carbocycles. The van der Waals surface area contributed by atoms with Crippen molar-refractivity contribution in [3.05, 3.63) is 35.5 Å². The third kappa shape index (κ3) is 5.24. The predicted octanol–water partition coefficient (Wildman–Crippen LogP) is 3.30. The molecule has 1 amide bonds. The zero-order chi connectivity index (χ0) is 18.4. The fraction of sp³-hybridized carbons (Fsp3) is 0.389. The molecule has 0 unspecified atom stereocenters. The minimum atomic E-state index is -0.462. The van der Waals surface area contributed by atoms with E-state index in [4.69, 9.17) is 10.3 Å². The molecule has 1 aromatic heterocycles. The average molecular weight is 341 g/mol. The molecule has 4 N–H and O–H groups in total. The Bertz CT molecular complexity index is 776. The highest BCUT2D eigenvalue weighted by Gasteiger charge is 2.16. The van der Waals surface area contributed by atoms with E-state index >= 15 is 0 Å². The highest BCUT2D eigenvalue weighted by molar-refractivity contribution is 5.83. The number of hydrogen-bond donors (Lipinski definition) is 3. The van der Waals surface area contributed by atoms with E-state index in [1.54, 1.807) is 24.3 Å². The topological polar surface area (TPSA) is 117 Å². The number of benzene rings is 1. The summed E-state index contributed by atoms with van der Waals surface area (Å²) in [6.45, 7) is 6.01. The summed E-state index contributed by atoms with van der Waals surface area (Å²) in [5, 5.41) is 19.3. The quantitative estimate of drug-likeness (QED) is 0.678. The van der Waals surface area contributed by atoms with Gasteiger partial charge in [0.05, 0.1) is 16.9 Å². The first-order valence-electron chi connectivity index (χ1n) is 8.19. The Labute approximate surface area is 147 Å². The maximum Gasteiger partial charge on any atom is 0.239 e. The van der Waals surface area contributed by atoms with Gasteiger partial charge in [0, 0.05) is 11.8 Å². The van der Waals surface area contributed by atoms with E-state index in [1.807, 2.05) is 6.92 Å². The molecule has 0 spiro atoms. The predicted molar refractivity (Wildman–Crippen MR) is 96.4 cm³/mol. The number of rotatable bonds is 8. The highest BCUT2D eigenvalue weighted by atomic mass is 16.5. The molecule has 0 saturated heterocycles. The molecule has 132 valence electrons. The van der Waals surface area contributed by atoms with Gasteiger partial charge in [0.15, 0.2) is 0 Å². The molecule has 1 heterocycles. The molecule has 0 fully saturated rings. The molecule has 1 aromatic carbocycles. The van der Waals surface area contributed by atoms with Gasteiger partial charge in [-0.15, -0.1) is 0 Å². The van der Waals surface area contributed by atoms with Crippen LogP contribution in [0.2, 0.25) is 0 Å². The van der Waals surface area contributed by atoms with Gasteiger partial charge in [0.1, 0.15) is 12.1 Å². The minimum absolute atomic E-state index is 0.398. The van der Waals surface area contributed by atoms with E-state index in [2.05, 4.69) is 35.7 Å². The number of primary amides is 1. The number of aromatic nitrogens is 1. The summed E-state index contributed by atoms with van der Waals surface area (Å²) in [6.07, 6.45) is 1.54. The summed E-state index contributed by atoms with van der Waals surface area (Å²) >= 11 is 0. The van der Waals surface area contributed by atoms with Crippen molar-refractivity contribution in [2.24, 2.45) is 11.7 Å². The van der Waals surface area contributed by atoms with Crippen molar-refractivity contribution < 1.29 is 9.32 Å². The number of anilines is 3. The Morgan fingerprint density at radius 3 is 2.68 bits per heavy atom. The van der Waals surface area contributed by atoms with Crippen molar-refractivity contribution >= 4 is 23.2 Å². The molecule has 0 aliphatic rings. The number of aryl methyl sites for hydroxylation is 1. The van der Waals surface area contributed by atoms with Crippen LogP contribution in [0.5, 0.6) is 0 Å². The fourth-order valence-corrected chi connectivity index (χ4v) is 2.38. The van der Waals surface area contributed by atoms with Crippen LogP contribution in [-0.4, -0.2) is 17.1 Å². The molecule has 1 atom stereocenters. The molecule has 7 nitrogen and oxygen atoms in total. The molecule has 0 aliphatic carbocycles. The molecule has 2 rings (SSSR count). The number of nitrogens with zero attached hydrogens (tertiary/aromatic N) is 2. The van der Waals surface area contributed by atoms with Crippen molar-refractivity contribution in [3.63, 3.8) is 0 Å². The van der Waals surface area contributed by atoms with Gasteiger partial charge in [-0.3, -0.25) is 4.79 Å². The number of carbonyl (C=O) groups is 1. The lowest BCUT2D eigenvalue weighted by atomic mass is 10.0. The Kier molecular flexibility index (Phi) is 6.01. The van der Waals surface area contributed by atoms with Gasteiger partial charge in [0.25, 0.3) is 0 Å². The number of nitriles is 1. The SMILES string of the molecule is Cc1cc(Nc2cc(N[C@H](CCC(C)C)C(N)=O)ccc2C#N)on1. The monoisotopic (exact) mass is 341 g/mol. The van der Waals surface area contributed by atoms with Crippen LogP contribution in [-0.2, 0) is 4.79 Å². The third-order valence-electron chi connectivity index (χ3n) is 3.74. The van der Waals surface area contributed by atoms with Gasteiger partial charge >= 0.3 is 0 Å². The smallest absolute Gasteiger partial charge is 0.239 e. The van der Waals surface area contributed by atoms with E-state index in [-0.39, 0.29) is 0 Å². The Balaban J connectivity index is 2.19. The maximum atomic E-state index is 11.7. The lowest BCUT2D eigenvalue weighted by molar-refractivity contribution is -0.118. The molecular formula is C18H23N5O2. The van der Waals surface area contributed by atoms with E-state index in [9.17, 15) is 10.1 Å². The summed E-state index contributed by atoms with van der Waals surface area (Å²) in [6, 6.07) is 8.57. The number of amides is 1. The standard InChI is InChI=1S/C18H23N5O2/c1-11(2)4-7-15(18(20)24)21-14-6-5-13(10-19)16(9-14)22-17-8-12(3)23-25-17/h5-6,8-9,11,15,21-22H,4,7H2,1-3H3,(H2,20,24)/t15-/m1/s1. The van der Waals surface area contributed by atoms with Crippen molar-refractivity contribution in [3.8, 4) is 6.07 Å². The van der Waals surface area contributed by atoms with Crippen LogP contribution in [0.25, 0.3) is 0 Å². The molecule has 0 radical (unpaired) electrons. The number of hydrogen-bond acceptors (Lipinski definition) is 6. The van der Waals surface area contributed by atoms with Gasteiger partial charge in [-0.25, -0.2) is 0 Å². The zero-order valence-electron chi connectivity index (χ0n) is 14.7. The zero-order valence-corrected chi connectivity index (χ0v) is 14.7. The Hall–Kier alpha value is -3.01. The van der Waals surface area contributed by atoms with Gasteiger partial charge in [-0.05, 0) is 43.9 Å². The molecule has 0 aliphatic heterocycles. The summed E-state index contributed by atoms with van der Waals surface area (Å²) in [5.74, 6) is 0.527. The van der Waals surface area contributed by atoms with E-state index in [0.717, 1.165) is 12.1 Å². The minimum Gasteiger partial charge on any atom is -0.374 e. The summed E-state index contributed by atoms with van der Waals surface area (Å²) < 4.78 is 5.13. The number of carbonyl (C=O) groups excluding carboxylic acids is 1. The van der Waals surface area contributed by atoms with Crippen LogP contribution in [0.15, 0.2) is 28.8 Å². The van der Waals surface area contributed by atoms with Gasteiger partial charge in [0.2, 0.25) is 11.8 Å². The second-order valence-corrected chi connectivity index (χ2v) is 6.40. The van der Waals surface area contributed by atoms with Gasteiger partial charge in [-0.2, -0.15) is 5.26 Å². The van der Waals surface area contributed by atoms with Crippen molar-refractivity contribution in [1.29, 1.82) is 5.26 Å². The molecule has 0 bridgehead atoms. The van der Waals surface area contributed by atoms with Crippen molar-refractivity contribution in [1.82, 2.24) is 5.16 Å². The molecule has 2 aromatic rings. The van der Waals surface area contributed by atoms with E-state index < -0.39 is 11.9 Å². The van der Waals surface area contributed by atoms with Gasteiger partial charge in [-0.1, -0.05) is 19.0 Å². The second kappa shape index (κ2) is 8.20. The van der Waals surface area contributed by atoms with Crippen LogP contribution in [0.3, 0.4) is 0 Å². The van der Waals surface area contributed by atoms with E-state index in [0.29, 0.717) is 35.2 Å².